The van der Waals surface area contributed by atoms with Crippen molar-refractivity contribution in [2.45, 2.75) is 13.8 Å². The zero-order chi connectivity index (χ0) is 19.9. The SMILES string of the molecule is CCOc1ccc(C(=O)Nc2ccc(C(=O)Nc3cccc(C)c3)cc2)cc1. The van der Waals surface area contributed by atoms with E-state index in [4.69, 9.17) is 4.74 Å². The lowest BCUT2D eigenvalue weighted by atomic mass is 10.1. The average molecular weight is 374 g/mol. The second kappa shape index (κ2) is 8.86. The maximum atomic E-state index is 12.4. The van der Waals surface area contributed by atoms with Crippen LogP contribution in [0.1, 0.15) is 33.2 Å². The summed E-state index contributed by atoms with van der Waals surface area (Å²) >= 11 is 0. The van der Waals surface area contributed by atoms with Crippen molar-refractivity contribution >= 4 is 23.2 Å². The van der Waals surface area contributed by atoms with E-state index in [1.807, 2.05) is 38.1 Å². The molecule has 0 saturated heterocycles. The van der Waals surface area contributed by atoms with Crippen LogP contribution in [0.2, 0.25) is 0 Å². The first-order valence-electron chi connectivity index (χ1n) is 9.07. The molecule has 0 aliphatic rings. The highest BCUT2D eigenvalue weighted by Gasteiger charge is 2.09. The lowest BCUT2D eigenvalue weighted by Crippen LogP contribution is -2.13. The molecule has 0 saturated carbocycles. The number of rotatable bonds is 6. The number of hydrogen-bond donors (Lipinski definition) is 2. The van der Waals surface area contributed by atoms with Crippen LogP contribution in [-0.4, -0.2) is 18.4 Å². The van der Waals surface area contributed by atoms with Gasteiger partial charge in [0.15, 0.2) is 0 Å². The summed E-state index contributed by atoms with van der Waals surface area (Å²) in [6.07, 6.45) is 0. The Morgan fingerprint density at radius 2 is 1.36 bits per heavy atom. The molecule has 5 nitrogen and oxygen atoms in total. The van der Waals surface area contributed by atoms with Crippen molar-refractivity contribution in [2.75, 3.05) is 17.2 Å². The zero-order valence-corrected chi connectivity index (χ0v) is 15.9. The lowest BCUT2D eigenvalue weighted by Gasteiger charge is -2.09. The number of benzene rings is 3. The lowest BCUT2D eigenvalue weighted by molar-refractivity contribution is 0.102. The molecular weight excluding hydrogens is 352 g/mol. The van der Waals surface area contributed by atoms with Gasteiger partial charge in [-0.15, -0.1) is 0 Å². The third-order valence-electron chi connectivity index (χ3n) is 4.11. The first-order chi connectivity index (χ1) is 13.5. The third kappa shape index (κ3) is 4.98. The number of carbonyl (C=O) groups is 2. The molecule has 0 aliphatic carbocycles. The molecule has 0 heterocycles. The molecule has 2 N–H and O–H groups in total. The molecule has 3 rings (SSSR count). The van der Waals surface area contributed by atoms with Crippen molar-refractivity contribution in [1.82, 2.24) is 0 Å². The zero-order valence-electron chi connectivity index (χ0n) is 15.9. The summed E-state index contributed by atoms with van der Waals surface area (Å²) in [5.41, 5.74) is 3.49. The van der Waals surface area contributed by atoms with E-state index in [9.17, 15) is 9.59 Å². The molecule has 142 valence electrons. The molecule has 0 spiro atoms. The van der Waals surface area contributed by atoms with Crippen LogP contribution in [0.3, 0.4) is 0 Å². The van der Waals surface area contributed by atoms with Crippen molar-refractivity contribution in [1.29, 1.82) is 0 Å². The van der Waals surface area contributed by atoms with E-state index in [-0.39, 0.29) is 11.8 Å². The maximum Gasteiger partial charge on any atom is 0.255 e. The van der Waals surface area contributed by atoms with Gasteiger partial charge >= 0.3 is 0 Å². The topological polar surface area (TPSA) is 67.4 Å². The third-order valence-corrected chi connectivity index (χ3v) is 4.11. The Kier molecular flexibility index (Phi) is 6.07. The normalized spacial score (nSPS) is 10.2. The van der Waals surface area contributed by atoms with E-state index >= 15 is 0 Å². The Hall–Kier alpha value is -3.60. The predicted molar refractivity (Wildman–Crippen MR) is 111 cm³/mol. The van der Waals surface area contributed by atoms with Gasteiger partial charge in [-0.3, -0.25) is 9.59 Å². The van der Waals surface area contributed by atoms with Crippen molar-refractivity contribution in [3.63, 3.8) is 0 Å². The molecule has 0 aliphatic heterocycles. The minimum atomic E-state index is -0.222. The van der Waals surface area contributed by atoms with Gasteiger partial charge in [-0.1, -0.05) is 12.1 Å². The Bertz CT molecular complexity index is 964. The smallest absolute Gasteiger partial charge is 0.255 e. The predicted octanol–water partition coefficient (Wildman–Crippen LogP) is 4.90. The molecule has 28 heavy (non-hydrogen) atoms. The summed E-state index contributed by atoms with van der Waals surface area (Å²) in [5, 5.41) is 5.68. The number of carbonyl (C=O) groups excluding carboxylic acids is 2. The van der Waals surface area contributed by atoms with Gasteiger partial charge < -0.3 is 15.4 Å². The van der Waals surface area contributed by atoms with Crippen molar-refractivity contribution in [3.05, 3.63) is 89.5 Å². The summed E-state index contributed by atoms with van der Waals surface area (Å²) in [5.74, 6) is 0.304. The van der Waals surface area contributed by atoms with Gasteiger partial charge in [-0.2, -0.15) is 0 Å². The number of anilines is 2. The van der Waals surface area contributed by atoms with Crippen LogP contribution in [0.25, 0.3) is 0 Å². The first-order valence-corrected chi connectivity index (χ1v) is 9.07. The van der Waals surface area contributed by atoms with Crippen LogP contribution in [0.15, 0.2) is 72.8 Å². The van der Waals surface area contributed by atoms with E-state index in [1.165, 1.54) is 0 Å². The second-order valence-electron chi connectivity index (χ2n) is 6.31. The van der Waals surface area contributed by atoms with E-state index in [1.54, 1.807) is 48.5 Å². The highest BCUT2D eigenvalue weighted by atomic mass is 16.5. The van der Waals surface area contributed by atoms with Crippen LogP contribution in [0.5, 0.6) is 5.75 Å². The fourth-order valence-corrected chi connectivity index (χ4v) is 2.70. The Labute approximate surface area is 164 Å². The Balaban J connectivity index is 1.62. The highest BCUT2D eigenvalue weighted by Crippen LogP contribution is 2.16. The average Bonchev–Trinajstić information content (AvgIpc) is 2.69. The fraction of sp³-hybridized carbons (Fsp3) is 0.130. The summed E-state index contributed by atoms with van der Waals surface area (Å²) in [6.45, 7) is 4.46. The molecule has 0 atom stereocenters. The van der Waals surface area contributed by atoms with Gasteiger partial charge in [-0.25, -0.2) is 0 Å². The molecule has 0 unspecified atom stereocenters. The van der Waals surface area contributed by atoms with Gasteiger partial charge in [0, 0.05) is 22.5 Å². The van der Waals surface area contributed by atoms with Crippen LogP contribution in [-0.2, 0) is 0 Å². The highest BCUT2D eigenvalue weighted by molar-refractivity contribution is 6.06. The molecular formula is C23H22N2O3. The van der Waals surface area contributed by atoms with Gasteiger partial charge in [0.25, 0.3) is 11.8 Å². The van der Waals surface area contributed by atoms with E-state index in [2.05, 4.69) is 10.6 Å². The van der Waals surface area contributed by atoms with Crippen LogP contribution < -0.4 is 15.4 Å². The molecule has 0 fully saturated rings. The van der Waals surface area contributed by atoms with Gasteiger partial charge in [0.2, 0.25) is 0 Å². The number of ether oxygens (including phenoxy) is 1. The number of hydrogen-bond acceptors (Lipinski definition) is 3. The summed E-state index contributed by atoms with van der Waals surface area (Å²) in [4.78, 5) is 24.7. The van der Waals surface area contributed by atoms with Gasteiger partial charge in [-0.05, 0) is 80.1 Å². The molecule has 0 aromatic heterocycles. The summed E-state index contributed by atoms with van der Waals surface area (Å²) in [6, 6.07) is 21.3. The maximum absolute atomic E-state index is 12.4. The number of nitrogens with one attached hydrogen (secondary N) is 2. The minimum Gasteiger partial charge on any atom is -0.494 e. The summed E-state index contributed by atoms with van der Waals surface area (Å²) < 4.78 is 5.37. The van der Waals surface area contributed by atoms with Crippen LogP contribution in [0, 0.1) is 6.92 Å². The van der Waals surface area contributed by atoms with Crippen molar-refractivity contribution < 1.29 is 14.3 Å². The van der Waals surface area contributed by atoms with Gasteiger partial charge in [0.05, 0.1) is 6.61 Å². The molecule has 0 radical (unpaired) electrons. The fourth-order valence-electron chi connectivity index (χ4n) is 2.70. The molecule has 3 aromatic carbocycles. The number of aryl methyl sites for hydroxylation is 1. The van der Waals surface area contributed by atoms with Crippen LogP contribution >= 0.6 is 0 Å². The first kappa shape index (κ1) is 19.2. The van der Waals surface area contributed by atoms with Gasteiger partial charge in [0.1, 0.15) is 5.75 Å². The van der Waals surface area contributed by atoms with E-state index < -0.39 is 0 Å². The molecule has 2 amide bonds. The molecule has 0 bridgehead atoms. The van der Waals surface area contributed by atoms with Crippen molar-refractivity contribution in [2.24, 2.45) is 0 Å². The summed E-state index contributed by atoms with van der Waals surface area (Å²) in [7, 11) is 0. The molecule has 3 aromatic rings. The quantitative estimate of drug-likeness (QED) is 0.645. The number of amides is 2. The van der Waals surface area contributed by atoms with Crippen LogP contribution in [0.4, 0.5) is 11.4 Å². The Morgan fingerprint density at radius 1 is 0.786 bits per heavy atom. The van der Waals surface area contributed by atoms with Crippen molar-refractivity contribution in [3.8, 4) is 5.75 Å². The standard InChI is InChI=1S/C23H22N2O3/c1-3-28-21-13-9-18(10-14-21)22(26)24-19-11-7-17(8-12-19)23(27)25-20-6-4-5-16(2)15-20/h4-15H,3H2,1-2H3,(H,24,26)(H,25,27). The molecule has 5 heteroatoms. The Morgan fingerprint density at radius 3 is 1.93 bits per heavy atom. The van der Waals surface area contributed by atoms with E-state index in [0.29, 0.717) is 23.4 Å². The second-order valence-corrected chi connectivity index (χ2v) is 6.31. The minimum absolute atomic E-state index is 0.199. The largest absolute Gasteiger partial charge is 0.494 e. The van der Waals surface area contributed by atoms with E-state index in [0.717, 1.165) is 17.0 Å². The monoisotopic (exact) mass is 374 g/mol.